The average Bonchev–Trinajstić information content (AvgIpc) is 3.19. The standard InChI is InChI=1S/C21H29N5O3S/c1-12(2)30-18-16(10-22-19-17(18)14(4)23-24(19)5)20(27)25-8-6-15(7-9-25)26-11-13(3)29-21(26)28/h10,12-13,15H,6-9,11H2,1-5H3. The molecule has 2 aliphatic rings. The third-order valence-corrected chi connectivity index (χ3v) is 6.88. The van der Waals surface area contributed by atoms with Crippen LogP contribution in [0.25, 0.3) is 11.0 Å². The van der Waals surface area contributed by atoms with E-state index in [4.69, 9.17) is 4.74 Å². The zero-order chi connectivity index (χ0) is 21.6. The van der Waals surface area contributed by atoms with E-state index in [0.717, 1.165) is 34.5 Å². The summed E-state index contributed by atoms with van der Waals surface area (Å²) in [6.07, 6.45) is 2.93. The molecule has 2 fully saturated rings. The molecule has 1 atom stereocenters. The third kappa shape index (κ3) is 3.75. The van der Waals surface area contributed by atoms with E-state index in [1.54, 1.807) is 22.6 Å². The van der Waals surface area contributed by atoms with Crippen LogP contribution in [0, 0.1) is 6.92 Å². The second-order valence-corrected chi connectivity index (χ2v) is 10.0. The summed E-state index contributed by atoms with van der Waals surface area (Å²) in [6.45, 7) is 10.00. The number of cyclic esters (lactones) is 1. The topological polar surface area (TPSA) is 80.6 Å². The Balaban J connectivity index is 1.56. The van der Waals surface area contributed by atoms with Crippen LogP contribution in [-0.4, -0.2) is 73.6 Å². The van der Waals surface area contributed by atoms with Crippen molar-refractivity contribution in [2.45, 2.75) is 62.8 Å². The lowest BCUT2D eigenvalue weighted by atomic mass is 10.0. The Morgan fingerprint density at radius 1 is 1.30 bits per heavy atom. The number of likely N-dealkylation sites (tertiary alicyclic amines) is 1. The maximum atomic E-state index is 13.4. The summed E-state index contributed by atoms with van der Waals surface area (Å²) < 4.78 is 7.03. The summed E-state index contributed by atoms with van der Waals surface area (Å²) in [5.41, 5.74) is 2.33. The molecule has 0 bridgehead atoms. The van der Waals surface area contributed by atoms with E-state index in [2.05, 4.69) is 23.9 Å². The van der Waals surface area contributed by atoms with Gasteiger partial charge in [0.05, 0.1) is 23.2 Å². The molecule has 2 aromatic heterocycles. The van der Waals surface area contributed by atoms with Crippen molar-refractivity contribution in [2.24, 2.45) is 7.05 Å². The number of pyridine rings is 1. The van der Waals surface area contributed by atoms with Gasteiger partial charge < -0.3 is 14.5 Å². The van der Waals surface area contributed by atoms with Gasteiger partial charge in [-0.1, -0.05) is 13.8 Å². The molecule has 0 spiro atoms. The molecule has 1 unspecified atom stereocenters. The Labute approximate surface area is 180 Å². The molecule has 0 N–H and O–H groups in total. The Hall–Kier alpha value is -2.29. The number of carbonyl (C=O) groups is 2. The Morgan fingerprint density at radius 3 is 2.60 bits per heavy atom. The number of fused-ring (bicyclic) bond motifs is 1. The van der Waals surface area contributed by atoms with Crippen molar-refractivity contribution in [3.8, 4) is 0 Å². The lowest BCUT2D eigenvalue weighted by Gasteiger charge is -2.35. The van der Waals surface area contributed by atoms with Crippen molar-refractivity contribution >= 4 is 34.8 Å². The highest BCUT2D eigenvalue weighted by atomic mass is 32.2. The SMILES string of the molecule is Cc1nn(C)c2ncc(C(=O)N3CCC(N4CC(C)OC4=O)CC3)c(SC(C)C)c12. The van der Waals surface area contributed by atoms with E-state index in [1.165, 1.54) is 0 Å². The predicted molar refractivity (Wildman–Crippen MR) is 116 cm³/mol. The molecule has 2 saturated heterocycles. The second kappa shape index (κ2) is 8.09. The van der Waals surface area contributed by atoms with Crippen molar-refractivity contribution in [3.63, 3.8) is 0 Å². The van der Waals surface area contributed by atoms with Crippen molar-refractivity contribution in [1.29, 1.82) is 0 Å². The van der Waals surface area contributed by atoms with Gasteiger partial charge in [-0.05, 0) is 26.7 Å². The number of nitrogens with zero attached hydrogens (tertiary/aromatic N) is 5. The number of ether oxygens (including phenoxy) is 1. The zero-order valence-corrected chi connectivity index (χ0v) is 19.0. The molecule has 0 saturated carbocycles. The molecule has 30 heavy (non-hydrogen) atoms. The fourth-order valence-electron chi connectivity index (χ4n) is 4.37. The van der Waals surface area contributed by atoms with E-state index in [9.17, 15) is 9.59 Å². The second-order valence-electron chi connectivity index (χ2n) is 8.45. The minimum Gasteiger partial charge on any atom is -0.444 e. The summed E-state index contributed by atoms with van der Waals surface area (Å²) in [5, 5.41) is 5.80. The first kappa shape index (κ1) is 21.0. The molecular weight excluding hydrogens is 402 g/mol. The van der Waals surface area contributed by atoms with E-state index in [1.807, 2.05) is 30.7 Å². The van der Waals surface area contributed by atoms with Crippen molar-refractivity contribution in [2.75, 3.05) is 19.6 Å². The number of amides is 2. The highest BCUT2D eigenvalue weighted by Crippen LogP contribution is 2.35. The summed E-state index contributed by atoms with van der Waals surface area (Å²) in [5.74, 6) is 0.00613. The van der Waals surface area contributed by atoms with Gasteiger partial charge in [0.15, 0.2) is 5.65 Å². The van der Waals surface area contributed by atoms with Gasteiger partial charge in [-0.15, -0.1) is 11.8 Å². The molecule has 8 nitrogen and oxygen atoms in total. The van der Waals surface area contributed by atoms with Crippen LogP contribution in [0.5, 0.6) is 0 Å². The molecule has 162 valence electrons. The third-order valence-electron chi connectivity index (χ3n) is 5.75. The minimum absolute atomic E-state index is 0.00613. The van der Waals surface area contributed by atoms with Gasteiger partial charge in [0, 0.05) is 42.5 Å². The summed E-state index contributed by atoms with van der Waals surface area (Å²) >= 11 is 1.69. The fourth-order valence-corrected chi connectivity index (χ4v) is 5.46. The molecule has 4 rings (SSSR count). The fraction of sp³-hybridized carbons (Fsp3) is 0.619. The molecule has 0 aromatic carbocycles. The van der Waals surface area contributed by atoms with Crippen molar-refractivity contribution in [3.05, 3.63) is 17.5 Å². The highest BCUT2D eigenvalue weighted by molar-refractivity contribution is 8.00. The number of thioether (sulfide) groups is 1. The summed E-state index contributed by atoms with van der Waals surface area (Å²) in [6, 6.07) is 0.136. The number of rotatable bonds is 4. The van der Waals surface area contributed by atoms with Crippen molar-refractivity contribution < 1.29 is 14.3 Å². The van der Waals surface area contributed by atoms with E-state index in [0.29, 0.717) is 30.4 Å². The Morgan fingerprint density at radius 2 is 2.00 bits per heavy atom. The maximum Gasteiger partial charge on any atom is 0.410 e. The molecule has 9 heteroatoms. The number of hydrogen-bond donors (Lipinski definition) is 0. The molecule has 4 heterocycles. The first-order valence-electron chi connectivity index (χ1n) is 10.5. The molecule has 2 amide bonds. The van der Waals surface area contributed by atoms with Crippen LogP contribution < -0.4 is 0 Å². The number of piperidine rings is 1. The van der Waals surface area contributed by atoms with Gasteiger partial charge in [-0.25, -0.2) is 9.78 Å². The Kier molecular flexibility index (Phi) is 5.65. The van der Waals surface area contributed by atoms with Gasteiger partial charge >= 0.3 is 6.09 Å². The monoisotopic (exact) mass is 431 g/mol. The van der Waals surface area contributed by atoms with Gasteiger partial charge in [-0.2, -0.15) is 5.10 Å². The van der Waals surface area contributed by atoms with Crippen LogP contribution >= 0.6 is 11.8 Å². The van der Waals surface area contributed by atoms with Crippen LogP contribution in [0.2, 0.25) is 0 Å². The molecule has 0 radical (unpaired) electrons. The predicted octanol–water partition coefficient (Wildman–Crippen LogP) is 3.22. The summed E-state index contributed by atoms with van der Waals surface area (Å²) in [4.78, 5) is 34.7. The molecule has 2 aromatic rings. The van der Waals surface area contributed by atoms with Gasteiger partial charge in [0.1, 0.15) is 6.10 Å². The molecule has 2 aliphatic heterocycles. The lowest BCUT2D eigenvalue weighted by molar-refractivity contribution is 0.0655. The molecular formula is C21H29N5O3S. The van der Waals surface area contributed by atoms with Gasteiger partial charge in [0.25, 0.3) is 5.91 Å². The van der Waals surface area contributed by atoms with Crippen LogP contribution in [0.3, 0.4) is 0 Å². The number of aromatic nitrogens is 3. The quantitative estimate of drug-likeness (QED) is 0.692. The van der Waals surface area contributed by atoms with Crippen LogP contribution in [0.4, 0.5) is 4.79 Å². The number of carbonyl (C=O) groups excluding carboxylic acids is 2. The summed E-state index contributed by atoms with van der Waals surface area (Å²) in [7, 11) is 1.88. The minimum atomic E-state index is -0.232. The van der Waals surface area contributed by atoms with E-state index < -0.39 is 0 Å². The highest BCUT2D eigenvalue weighted by Gasteiger charge is 2.36. The Bertz CT molecular complexity index is 981. The first-order valence-corrected chi connectivity index (χ1v) is 11.4. The van der Waals surface area contributed by atoms with Gasteiger partial charge in [-0.3, -0.25) is 9.48 Å². The zero-order valence-electron chi connectivity index (χ0n) is 18.2. The normalized spacial score (nSPS) is 20.5. The van der Waals surface area contributed by atoms with Crippen LogP contribution in [-0.2, 0) is 11.8 Å². The van der Waals surface area contributed by atoms with Crippen LogP contribution in [0.15, 0.2) is 11.1 Å². The van der Waals surface area contributed by atoms with E-state index in [-0.39, 0.29) is 24.1 Å². The van der Waals surface area contributed by atoms with Gasteiger partial charge in [0.2, 0.25) is 0 Å². The number of aryl methyl sites for hydroxylation is 2. The lowest BCUT2D eigenvalue weighted by Crippen LogP contribution is -2.47. The first-order chi connectivity index (χ1) is 14.3. The van der Waals surface area contributed by atoms with E-state index >= 15 is 0 Å². The largest absolute Gasteiger partial charge is 0.444 e. The van der Waals surface area contributed by atoms with Crippen LogP contribution in [0.1, 0.15) is 49.7 Å². The molecule has 0 aliphatic carbocycles. The maximum absolute atomic E-state index is 13.4. The smallest absolute Gasteiger partial charge is 0.410 e. The van der Waals surface area contributed by atoms with Crippen molar-refractivity contribution in [1.82, 2.24) is 24.6 Å². The number of hydrogen-bond acceptors (Lipinski definition) is 6. The average molecular weight is 432 g/mol.